The summed E-state index contributed by atoms with van der Waals surface area (Å²) in [6, 6.07) is 12.2. The lowest BCUT2D eigenvalue weighted by atomic mass is 9.73. The standard InChI is InChI=1S/C27H35N3O2/c1-5-13-29-25(32)27(12-8-15-30(20-27)24(31)18-26(2,3)4)17-21-9-6-10-22(16-21)23-11-7-14-28-19-23/h5-7,9-11,14,16,19H,1,8,12-13,15,17-18,20H2,2-4H3,(H,29,32)/t27-/m1/s1. The third-order valence-electron chi connectivity index (χ3n) is 5.96. The molecule has 1 atom stereocenters. The normalized spacial score (nSPS) is 18.8. The van der Waals surface area contributed by atoms with Gasteiger partial charge in [0.2, 0.25) is 11.8 Å². The molecular formula is C27H35N3O2. The first-order valence-electron chi connectivity index (χ1n) is 11.4. The van der Waals surface area contributed by atoms with Gasteiger partial charge in [-0.05, 0) is 47.4 Å². The number of carbonyl (C=O) groups is 2. The number of piperidine rings is 1. The number of benzene rings is 1. The van der Waals surface area contributed by atoms with Crippen LogP contribution in [0.5, 0.6) is 0 Å². The van der Waals surface area contributed by atoms with Gasteiger partial charge in [-0.25, -0.2) is 0 Å². The van der Waals surface area contributed by atoms with Crippen molar-refractivity contribution >= 4 is 11.8 Å². The Morgan fingerprint density at radius 2 is 2.00 bits per heavy atom. The number of rotatable bonds is 7. The van der Waals surface area contributed by atoms with Crippen molar-refractivity contribution in [1.82, 2.24) is 15.2 Å². The zero-order chi connectivity index (χ0) is 23.2. The molecule has 2 heterocycles. The van der Waals surface area contributed by atoms with Crippen LogP contribution in [0.15, 0.2) is 61.4 Å². The first kappa shape index (κ1) is 23.7. The predicted molar refractivity (Wildman–Crippen MR) is 129 cm³/mol. The minimum absolute atomic E-state index is 0.00237. The van der Waals surface area contributed by atoms with E-state index in [9.17, 15) is 9.59 Å². The summed E-state index contributed by atoms with van der Waals surface area (Å²) in [5.41, 5.74) is 2.48. The van der Waals surface area contributed by atoms with Crippen LogP contribution >= 0.6 is 0 Å². The molecule has 0 spiro atoms. The van der Waals surface area contributed by atoms with Crippen molar-refractivity contribution in [2.75, 3.05) is 19.6 Å². The van der Waals surface area contributed by atoms with Crippen LogP contribution in [-0.4, -0.2) is 41.3 Å². The van der Waals surface area contributed by atoms with Gasteiger partial charge >= 0.3 is 0 Å². The quantitative estimate of drug-likeness (QED) is 0.647. The van der Waals surface area contributed by atoms with Crippen LogP contribution in [0.25, 0.3) is 11.1 Å². The van der Waals surface area contributed by atoms with Gasteiger partial charge in [0.15, 0.2) is 0 Å². The molecule has 1 aromatic carbocycles. The minimum Gasteiger partial charge on any atom is -0.352 e. The third kappa shape index (κ3) is 6.06. The molecule has 0 radical (unpaired) electrons. The van der Waals surface area contributed by atoms with Crippen molar-refractivity contribution in [3.8, 4) is 11.1 Å². The average molecular weight is 434 g/mol. The smallest absolute Gasteiger partial charge is 0.228 e. The number of nitrogens with zero attached hydrogens (tertiary/aromatic N) is 2. The summed E-state index contributed by atoms with van der Waals surface area (Å²) in [6.07, 6.45) is 7.94. The maximum atomic E-state index is 13.4. The van der Waals surface area contributed by atoms with Crippen LogP contribution in [0.4, 0.5) is 0 Å². The Bertz CT molecular complexity index is 949. The van der Waals surface area contributed by atoms with E-state index in [0.717, 1.165) is 29.5 Å². The predicted octanol–water partition coefficient (Wildman–Crippen LogP) is 4.64. The zero-order valence-corrected chi connectivity index (χ0v) is 19.6. The summed E-state index contributed by atoms with van der Waals surface area (Å²) in [4.78, 5) is 32.5. The Labute approximate surface area is 191 Å². The highest BCUT2D eigenvalue weighted by Crippen LogP contribution is 2.36. The Morgan fingerprint density at radius 3 is 2.69 bits per heavy atom. The monoisotopic (exact) mass is 433 g/mol. The van der Waals surface area contributed by atoms with Crippen LogP contribution in [0.1, 0.15) is 45.6 Å². The first-order valence-corrected chi connectivity index (χ1v) is 11.4. The lowest BCUT2D eigenvalue weighted by Gasteiger charge is -2.42. The van der Waals surface area contributed by atoms with Crippen molar-refractivity contribution in [1.29, 1.82) is 0 Å². The van der Waals surface area contributed by atoms with E-state index < -0.39 is 5.41 Å². The number of pyridine rings is 1. The van der Waals surface area contributed by atoms with E-state index in [1.807, 2.05) is 29.3 Å². The Hall–Kier alpha value is -2.95. The summed E-state index contributed by atoms with van der Waals surface area (Å²) < 4.78 is 0. The fourth-order valence-corrected chi connectivity index (χ4v) is 4.46. The van der Waals surface area contributed by atoms with Gasteiger partial charge in [0.25, 0.3) is 0 Å². The van der Waals surface area contributed by atoms with Crippen LogP contribution in [0.3, 0.4) is 0 Å². The molecule has 0 unspecified atom stereocenters. The summed E-state index contributed by atoms with van der Waals surface area (Å²) >= 11 is 0. The van der Waals surface area contributed by atoms with Gasteiger partial charge in [-0.3, -0.25) is 14.6 Å². The molecule has 0 bridgehead atoms. The van der Waals surface area contributed by atoms with Crippen LogP contribution in [0, 0.1) is 10.8 Å². The van der Waals surface area contributed by atoms with Gasteiger partial charge in [-0.15, -0.1) is 6.58 Å². The number of carbonyl (C=O) groups excluding carboxylic acids is 2. The van der Waals surface area contributed by atoms with Crippen molar-refractivity contribution in [3.05, 3.63) is 67.0 Å². The number of nitrogens with one attached hydrogen (secondary N) is 1. The van der Waals surface area contributed by atoms with E-state index >= 15 is 0 Å². The van der Waals surface area contributed by atoms with Gasteiger partial charge in [0, 0.05) is 38.4 Å². The number of likely N-dealkylation sites (tertiary alicyclic amines) is 1. The molecule has 0 aliphatic carbocycles. The van der Waals surface area contributed by atoms with Crippen LogP contribution in [-0.2, 0) is 16.0 Å². The molecule has 2 aromatic rings. The summed E-state index contributed by atoms with van der Waals surface area (Å²) in [6.45, 7) is 11.5. The Morgan fingerprint density at radius 1 is 1.22 bits per heavy atom. The van der Waals surface area contributed by atoms with Crippen molar-refractivity contribution in [2.24, 2.45) is 10.8 Å². The highest BCUT2D eigenvalue weighted by Gasteiger charge is 2.43. The lowest BCUT2D eigenvalue weighted by molar-refractivity contribution is -0.142. The average Bonchev–Trinajstić information content (AvgIpc) is 2.77. The Balaban J connectivity index is 1.88. The van der Waals surface area contributed by atoms with Crippen molar-refractivity contribution in [3.63, 3.8) is 0 Å². The second-order valence-electron chi connectivity index (χ2n) is 10.1. The largest absolute Gasteiger partial charge is 0.352 e. The molecule has 1 saturated heterocycles. The SMILES string of the molecule is C=CCNC(=O)[C@@]1(Cc2cccc(-c3cccnc3)c2)CCCN(C(=O)CC(C)(C)C)C1. The molecule has 1 aromatic heterocycles. The van der Waals surface area contributed by atoms with Crippen molar-refractivity contribution in [2.45, 2.75) is 46.5 Å². The van der Waals surface area contributed by atoms with Gasteiger partial charge in [-0.2, -0.15) is 0 Å². The van der Waals surface area contributed by atoms with E-state index in [1.54, 1.807) is 12.3 Å². The molecule has 170 valence electrons. The number of hydrogen-bond donors (Lipinski definition) is 1. The molecule has 0 saturated carbocycles. The summed E-state index contributed by atoms with van der Waals surface area (Å²) in [5.74, 6) is 0.125. The highest BCUT2D eigenvalue weighted by atomic mass is 16.2. The molecule has 1 N–H and O–H groups in total. The molecule has 3 rings (SSSR count). The molecule has 1 aliphatic heterocycles. The molecule has 32 heavy (non-hydrogen) atoms. The fraction of sp³-hybridized carbons (Fsp3) is 0.444. The zero-order valence-electron chi connectivity index (χ0n) is 19.6. The topological polar surface area (TPSA) is 62.3 Å². The molecule has 2 amide bonds. The first-order chi connectivity index (χ1) is 15.2. The van der Waals surface area contributed by atoms with E-state index in [4.69, 9.17) is 0 Å². The number of hydrogen-bond acceptors (Lipinski definition) is 3. The van der Waals surface area contributed by atoms with Gasteiger partial charge < -0.3 is 10.2 Å². The molecular weight excluding hydrogens is 398 g/mol. The van der Waals surface area contributed by atoms with Gasteiger partial charge in [0.05, 0.1) is 5.41 Å². The number of aromatic nitrogens is 1. The maximum Gasteiger partial charge on any atom is 0.228 e. The fourth-order valence-electron chi connectivity index (χ4n) is 4.46. The molecule has 5 nitrogen and oxygen atoms in total. The van der Waals surface area contributed by atoms with Crippen LogP contribution < -0.4 is 5.32 Å². The van der Waals surface area contributed by atoms with Gasteiger partial charge in [0.1, 0.15) is 0 Å². The molecule has 1 aliphatic rings. The minimum atomic E-state index is -0.650. The third-order valence-corrected chi connectivity index (χ3v) is 5.96. The molecule has 1 fully saturated rings. The van der Waals surface area contributed by atoms with Crippen molar-refractivity contribution < 1.29 is 9.59 Å². The lowest BCUT2D eigenvalue weighted by Crippen LogP contribution is -2.54. The van der Waals surface area contributed by atoms with Crippen LogP contribution in [0.2, 0.25) is 0 Å². The van der Waals surface area contributed by atoms with Gasteiger partial charge in [-0.1, -0.05) is 57.2 Å². The van der Waals surface area contributed by atoms with E-state index in [2.05, 4.69) is 55.9 Å². The van der Waals surface area contributed by atoms with E-state index in [1.165, 1.54) is 0 Å². The highest BCUT2D eigenvalue weighted by molar-refractivity contribution is 5.85. The number of amides is 2. The maximum absolute atomic E-state index is 13.4. The molecule has 5 heteroatoms. The summed E-state index contributed by atoms with van der Waals surface area (Å²) in [5, 5.41) is 3.01. The van der Waals surface area contributed by atoms with E-state index in [0.29, 0.717) is 32.5 Å². The second kappa shape index (κ2) is 10.1. The second-order valence-corrected chi connectivity index (χ2v) is 10.1. The summed E-state index contributed by atoms with van der Waals surface area (Å²) in [7, 11) is 0. The Kier molecular flexibility index (Phi) is 7.49. The van der Waals surface area contributed by atoms with E-state index in [-0.39, 0.29) is 17.2 Å².